The van der Waals surface area contributed by atoms with Crippen LogP contribution < -0.4 is 0 Å². The van der Waals surface area contributed by atoms with E-state index in [1.165, 1.54) is 15.5 Å². The summed E-state index contributed by atoms with van der Waals surface area (Å²) in [6.45, 7) is 0. The number of hydrogen-bond acceptors (Lipinski definition) is 3. The topological polar surface area (TPSA) is 25.8 Å². The molecule has 3 aromatic rings. The van der Waals surface area contributed by atoms with Gasteiger partial charge in [-0.2, -0.15) is 0 Å². The Morgan fingerprint density at radius 2 is 2.13 bits per heavy atom. The zero-order chi connectivity index (χ0) is 10.4. The van der Waals surface area contributed by atoms with Crippen LogP contribution in [0, 0.1) is 3.70 Å². The molecular formula is C10H4BrIN2S. The van der Waals surface area contributed by atoms with Gasteiger partial charge in [-0.1, -0.05) is 22.0 Å². The van der Waals surface area contributed by atoms with Crippen LogP contribution >= 0.6 is 49.9 Å². The van der Waals surface area contributed by atoms with Gasteiger partial charge in [-0.3, -0.25) is 0 Å². The molecule has 0 saturated carbocycles. The van der Waals surface area contributed by atoms with Gasteiger partial charge in [0, 0.05) is 14.6 Å². The number of aromatic nitrogens is 2. The van der Waals surface area contributed by atoms with Crippen molar-refractivity contribution in [3.05, 3.63) is 32.7 Å². The molecule has 0 bridgehead atoms. The monoisotopic (exact) mass is 390 g/mol. The second-order valence-corrected chi connectivity index (χ2v) is 6.06. The van der Waals surface area contributed by atoms with Crippen LogP contribution in [0.4, 0.5) is 0 Å². The SMILES string of the molecule is Brc1ccc2c(c1)sc1ncnc(I)c12. The number of thiophene rings is 1. The van der Waals surface area contributed by atoms with E-state index in [0.29, 0.717) is 0 Å². The smallest absolute Gasteiger partial charge is 0.128 e. The minimum atomic E-state index is 1.02. The summed E-state index contributed by atoms with van der Waals surface area (Å²) < 4.78 is 3.37. The van der Waals surface area contributed by atoms with Crippen molar-refractivity contribution in [2.24, 2.45) is 0 Å². The van der Waals surface area contributed by atoms with Gasteiger partial charge in [0.25, 0.3) is 0 Å². The van der Waals surface area contributed by atoms with E-state index in [9.17, 15) is 0 Å². The average molecular weight is 391 g/mol. The Kier molecular flexibility index (Phi) is 2.41. The number of rotatable bonds is 0. The first-order valence-corrected chi connectivity index (χ1v) is 6.93. The van der Waals surface area contributed by atoms with Crippen molar-refractivity contribution in [1.29, 1.82) is 0 Å². The number of benzene rings is 1. The Hall–Kier alpha value is -0.270. The lowest BCUT2D eigenvalue weighted by molar-refractivity contribution is 1.20. The third-order valence-corrected chi connectivity index (χ3v) is 4.56. The van der Waals surface area contributed by atoms with Crippen molar-refractivity contribution >= 4 is 70.2 Å². The van der Waals surface area contributed by atoms with Crippen LogP contribution in [0.5, 0.6) is 0 Å². The molecule has 0 aliphatic carbocycles. The van der Waals surface area contributed by atoms with Crippen molar-refractivity contribution in [3.8, 4) is 0 Å². The molecule has 5 heteroatoms. The minimum absolute atomic E-state index is 1.02. The van der Waals surface area contributed by atoms with Gasteiger partial charge in [0.1, 0.15) is 14.9 Å². The molecule has 15 heavy (non-hydrogen) atoms. The fraction of sp³-hybridized carbons (Fsp3) is 0. The molecule has 1 aromatic carbocycles. The molecule has 0 aliphatic heterocycles. The van der Waals surface area contributed by atoms with Gasteiger partial charge in [0.05, 0.1) is 5.39 Å². The van der Waals surface area contributed by atoms with E-state index in [2.05, 4.69) is 66.7 Å². The summed E-state index contributed by atoms with van der Waals surface area (Å²) in [6.07, 6.45) is 1.62. The maximum absolute atomic E-state index is 4.30. The number of hydrogen-bond donors (Lipinski definition) is 0. The first-order valence-electron chi connectivity index (χ1n) is 4.24. The van der Waals surface area contributed by atoms with Gasteiger partial charge in [-0.15, -0.1) is 11.3 Å². The highest BCUT2D eigenvalue weighted by Gasteiger charge is 2.09. The van der Waals surface area contributed by atoms with Crippen molar-refractivity contribution in [2.75, 3.05) is 0 Å². The predicted octanol–water partition coefficient (Wildman–Crippen LogP) is 4.21. The lowest BCUT2D eigenvalue weighted by Crippen LogP contribution is -1.82. The molecular weight excluding hydrogens is 387 g/mol. The number of halogens is 2. The molecule has 0 atom stereocenters. The molecule has 2 heterocycles. The van der Waals surface area contributed by atoms with Gasteiger partial charge < -0.3 is 0 Å². The maximum Gasteiger partial charge on any atom is 0.128 e. The van der Waals surface area contributed by atoms with Gasteiger partial charge in [0.2, 0.25) is 0 Å². The van der Waals surface area contributed by atoms with Gasteiger partial charge in [-0.05, 0) is 34.7 Å². The summed E-state index contributed by atoms with van der Waals surface area (Å²) in [5, 5.41) is 2.41. The first-order chi connectivity index (χ1) is 7.25. The van der Waals surface area contributed by atoms with Crippen LogP contribution in [-0.2, 0) is 0 Å². The summed E-state index contributed by atoms with van der Waals surface area (Å²) >= 11 is 7.44. The van der Waals surface area contributed by atoms with Crippen LogP contribution in [-0.4, -0.2) is 9.97 Å². The van der Waals surface area contributed by atoms with Gasteiger partial charge >= 0.3 is 0 Å². The fourth-order valence-electron chi connectivity index (χ4n) is 1.54. The minimum Gasteiger partial charge on any atom is -0.230 e. The van der Waals surface area contributed by atoms with Crippen LogP contribution in [0.15, 0.2) is 29.0 Å². The largest absolute Gasteiger partial charge is 0.230 e. The zero-order valence-electron chi connectivity index (χ0n) is 7.37. The maximum atomic E-state index is 4.30. The van der Waals surface area contributed by atoms with Gasteiger partial charge in [-0.25, -0.2) is 9.97 Å². The second-order valence-electron chi connectivity index (χ2n) is 3.09. The van der Waals surface area contributed by atoms with Crippen molar-refractivity contribution < 1.29 is 0 Å². The summed E-state index contributed by atoms with van der Waals surface area (Å²) in [5.74, 6) is 0. The Morgan fingerprint density at radius 1 is 1.27 bits per heavy atom. The van der Waals surface area contributed by atoms with E-state index in [-0.39, 0.29) is 0 Å². The quantitative estimate of drug-likeness (QED) is 0.424. The molecule has 2 aromatic heterocycles. The summed E-state index contributed by atoms with van der Waals surface area (Å²) in [5.41, 5.74) is 0. The molecule has 0 N–H and O–H groups in total. The lowest BCUT2D eigenvalue weighted by Gasteiger charge is -1.93. The Balaban J connectivity index is 2.59. The Bertz CT molecular complexity index is 665. The van der Waals surface area contributed by atoms with Crippen molar-refractivity contribution in [1.82, 2.24) is 9.97 Å². The second kappa shape index (κ2) is 3.64. The van der Waals surface area contributed by atoms with Crippen LogP contribution in [0.25, 0.3) is 20.3 Å². The van der Waals surface area contributed by atoms with Crippen LogP contribution in [0.1, 0.15) is 0 Å². The summed E-state index contributed by atoms with van der Waals surface area (Å²) in [4.78, 5) is 9.58. The molecule has 0 saturated heterocycles. The highest BCUT2D eigenvalue weighted by atomic mass is 127. The van der Waals surface area contributed by atoms with Crippen molar-refractivity contribution in [3.63, 3.8) is 0 Å². The normalized spacial score (nSPS) is 11.3. The standard InChI is InChI=1S/C10H4BrIN2S/c11-5-1-2-6-7(3-5)15-10-8(6)9(12)13-4-14-10/h1-4H. The third kappa shape index (κ3) is 1.57. The van der Waals surface area contributed by atoms with E-state index in [0.717, 1.165) is 13.0 Å². The number of fused-ring (bicyclic) bond motifs is 3. The van der Waals surface area contributed by atoms with E-state index < -0.39 is 0 Å². The Morgan fingerprint density at radius 3 is 3.00 bits per heavy atom. The highest BCUT2D eigenvalue weighted by Crippen LogP contribution is 2.35. The third-order valence-electron chi connectivity index (χ3n) is 2.19. The molecule has 0 spiro atoms. The zero-order valence-corrected chi connectivity index (χ0v) is 11.9. The molecule has 0 aliphatic rings. The molecule has 0 unspecified atom stereocenters. The molecule has 0 radical (unpaired) electrons. The molecule has 2 nitrogen and oxygen atoms in total. The number of nitrogens with zero attached hydrogens (tertiary/aromatic N) is 2. The van der Waals surface area contributed by atoms with Crippen LogP contribution in [0.2, 0.25) is 0 Å². The fourth-order valence-corrected chi connectivity index (χ4v) is 3.99. The molecule has 0 fully saturated rings. The van der Waals surface area contributed by atoms with E-state index in [4.69, 9.17) is 0 Å². The van der Waals surface area contributed by atoms with Gasteiger partial charge in [0.15, 0.2) is 0 Å². The Labute approximate surface area is 112 Å². The molecule has 74 valence electrons. The predicted molar refractivity (Wildman–Crippen MR) is 75.3 cm³/mol. The molecule has 0 amide bonds. The molecule has 3 rings (SSSR count). The highest BCUT2D eigenvalue weighted by molar-refractivity contribution is 14.1. The average Bonchev–Trinajstić information content (AvgIpc) is 2.56. The van der Waals surface area contributed by atoms with Crippen molar-refractivity contribution in [2.45, 2.75) is 0 Å². The lowest BCUT2D eigenvalue weighted by atomic mass is 10.2. The summed E-state index contributed by atoms with van der Waals surface area (Å²) in [6, 6.07) is 6.29. The first kappa shape index (κ1) is 9.92. The van der Waals surface area contributed by atoms with E-state index in [1.54, 1.807) is 17.7 Å². The summed E-state index contributed by atoms with van der Waals surface area (Å²) in [7, 11) is 0. The van der Waals surface area contributed by atoms with Crippen LogP contribution in [0.3, 0.4) is 0 Å². The van der Waals surface area contributed by atoms with E-state index >= 15 is 0 Å². The van der Waals surface area contributed by atoms with E-state index in [1.807, 2.05) is 0 Å².